The van der Waals surface area contributed by atoms with Gasteiger partial charge in [-0.15, -0.1) is 0 Å². The van der Waals surface area contributed by atoms with Crippen LogP contribution in [0.25, 0.3) is 10.4 Å². The Labute approximate surface area is 287 Å². The second-order valence-electron chi connectivity index (χ2n) is 17.6. The molecule has 5 fully saturated rings. The first-order valence-electron chi connectivity index (χ1n) is 18.7. The Morgan fingerprint density at radius 2 is 1.85 bits per heavy atom. The number of carbonyl (C=O) groups is 2. The molecule has 0 aromatic heterocycles. The first-order chi connectivity index (χ1) is 22.7. The number of hydrogen-bond acceptors (Lipinski definition) is 6. The number of rotatable bonds is 8. The number of fused-ring (bicyclic) bond motifs is 7. The third-order valence-electron chi connectivity index (χ3n) is 13.7. The molecule has 0 spiro atoms. The third-order valence-corrected chi connectivity index (χ3v) is 13.7. The highest BCUT2D eigenvalue weighted by molar-refractivity contribution is 5.89. The van der Waals surface area contributed by atoms with E-state index >= 15 is 0 Å². The van der Waals surface area contributed by atoms with Gasteiger partial charge in [-0.05, 0) is 148 Å². The van der Waals surface area contributed by atoms with Crippen molar-refractivity contribution < 1.29 is 23.8 Å². The van der Waals surface area contributed by atoms with E-state index in [1.165, 1.54) is 12.8 Å². The van der Waals surface area contributed by atoms with Crippen LogP contribution in [0.5, 0.6) is 0 Å². The van der Waals surface area contributed by atoms with Crippen molar-refractivity contribution in [1.29, 1.82) is 0 Å². The Hall–Kier alpha value is -2.77. The fourth-order valence-corrected chi connectivity index (χ4v) is 11.5. The predicted octanol–water partition coefficient (Wildman–Crippen LogP) is 9.11. The minimum Gasteiger partial charge on any atom is -0.462 e. The molecule has 1 aromatic rings. The molecule has 1 aromatic carbocycles. The molecule has 48 heavy (non-hydrogen) atoms. The van der Waals surface area contributed by atoms with Gasteiger partial charge in [-0.25, -0.2) is 9.59 Å². The molecule has 6 rings (SSSR count). The van der Waals surface area contributed by atoms with Crippen LogP contribution in [-0.2, 0) is 14.2 Å². The molecule has 1 amide bonds. The van der Waals surface area contributed by atoms with Gasteiger partial charge in [0, 0.05) is 17.0 Å². The number of nitrogens with one attached hydrogen (secondary N) is 1. The molecular weight excluding hydrogens is 604 g/mol. The number of alkyl carbamates (subject to hydrolysis) is 1. The molecule has 5 aliphatic rings. The SMILES string of the molecule is C[C@H](CC[C@H]1O[C@H]2C[C@H]3[C@@H]4CC[C@H]5C[C@H](N=[N+]=[N-])CC[C@]5(C)[C@H]4C[C@H](NC(=O)OC(C)(C)C)[C@]3(C)[C@H]2[C@@H]1C)COC(=O)c1ccccc1. The smallest absolute Gasteiger partial charge is 0.407 e. The lowest BCUT2D eigenvalue weighted by molar-refractivity contribution is -0.130. The summed E-state index contributed by atoms with van der Waals surface area (Å²) in [5.41, 5.74) is 9.23. The predicted molar refractivity (Wildman–Crippen MR) is 185 cm³/mol. The van der Waals surface area contributed by atoms with E-state index in [1.54, 1.807) is 12.1 Å². The minimum atomic E-state index is -0.567. The van der Waals surface area contributed by atoms with Crippen LogP contribution in [0.1, 0.15) is 117 Å². The molecule has 1 saturated heterocycles. The summed E-state index contributed by atoms with van der Waals surface area (Å²) in [4.78, 5) is 29.1. The van der Waals surface area contributed by atoms with Crippen LogP contribution in [0.4, 0.5) is 4.79 Å². The molecule has 1 aliphatic heterocycles. The van der Waals surface area contributed by atoms with Gasteiger partial charge in [-0.3, -0.25) is 0 Å². The maximum absolute atomic E-state index is 13.5. The van der Waals surface area contributed by atoms with Crippen LogP contribution < -0.4 is 5.32 Å². The Kier molecular flexibility index (Phi) is 9.87. The highest BCUT2D eigenvalue weighted by Gasteiger charge is 2.69. The van der Waals surface area contributed by atoms with E-state index in [-0.39, 0.29) is 53.1 Å². The van der Waals surface area contributed by atoms with Crippen LogP contribution in [-0.4, -0.2) is 48.6 Å². The van der Waals surface area contributed by atoms with Crippen LogP contribution in [0.3, 0.4) is 0 Å². The Balaban J connectivity index is 1.17. The molecule has 0 bridgehead atoms. The van der Waals surface area contributed by atoms with Gasteiger partial charge in [-0.2, -0.15) is 0 Å². The molecule has 0 unspecified atom stereocenters. The number of benzene rings is 1. The molecule has 4 aliphatic carbocycles. The maximum Gasteiger partial charge on any atom is 0.407 e. The Morgan fingerprint density at radius 1 is 1.10 bits per heavy atom. The number of amides is 1. The van der Waals surface area contributed by atoms with Crippen molar-refractivity contribution in [1.82, 2.24) is 5.32 Å². The van der Waals surface area contributed by atoms with Crippen LogP contribution in [0.15, 0.2) is 35.4 Å². The van der Waals surface area contributed by atoms with Gasteiger partial charge < -0.3 is 19.5 Å². The van der Waals surface area contributed by atoms with E-state index in [0.29, 0.717) is 47.7 Å². The second-order valence-corrected chi connectivity index (χ2v) is 17.6. The minimum absolute atomic E-state index is 0.000139. The standard InChI is InChI=1S/C39H58N4O5/c1-23(22-46-35(44)25-11-9-8-10-12-25)13-16-31-24(2)34-32(47-31)20-30-28-15-14-26-19-27(42-43-40)17-18-38(26,6)29(28)21-33(39(30,34)7)41-36(45)48-37(3,4)5/h8-12,23-24,26-34H,13-22H2,1-7H3,(H,41,45)/t23-,24-,26+,27-,28-,29+,30+,31-,32+,33+,34+,38+,39-/m1/s1. The first kappa shape index (κ1) is 35.1. The molecular formula is C39H58N4O5. The van der Waals surface area contributed by atoms with Gasteiger partial charge in [0.05, 0.1) is 24.4 Å². The van der Waals surface area contributed by atoms with E-state index in [1.807, 2.05) is 39.0 Å². The van der Waals surface area contributed by atoms with E-state index in [9.17, 15) is 9.59 Å². The Bertz CT molecular complexity index is 1380. The lowest BCUT2D eigenvalue weighted by Crippen LogP contribution is -2.63. The number of hydrogen-bond donors (Lipinski definition) is 1. The van der Waals surface area contributed by atoms with Crippen molar-refractivity contribution in [2.75, 3.05) is 6.61 Å². The van der Waals surface area contributed by atoms with Crippen molar-refractivity contribution in [3.05, 3.63) is 46.3 Å². The lowest BCUT2D eigenvalue weighted by atomic mass is 9.43. The summed E-state index contributed by atoms with van der Waals surface area (Å²) in [7, 11) is 0. The average Bonchev–Trinajstić information content (AvgIpc) is 3.52. The zero-order valence-electron chi connectivity index (χ0n) is 30.2. The summed E-state index contributed by atoms with van der Waals surface area (Å²) in [5, 5.41) is 7.61. The zero-order chi connectivity index (χ0) is 34.4. The van der Waals surface area contributed by atoms with Gasteiger partial charge >= 0.3 is 12.1 Å². The van der Waals surface area contributed by atoms with Crippen LogP contribution in [0, 0.1) is 52.3 Å². The number of ether oxygens (including phenoxy) is 3. The van der Waals surface area contributed by atoms with Gasteiger partial charge in [-0.1, -0.05) is 51.0 Å². The fraction of sp³-hybridized carbons (Fsp3) is 0.795. The molecule has 4 saturated carbocycles. The summed E-state index contributed by atoms with van der Waals surface area (Å²) in [6.07, 6.45) is 9.26. The van der Waals surface area contributed by atoms with E-state index in [4.69, 9.17) is 19.7 Å². The fourth-order valence-electron chi connectivity index (χ4n) is 11.5. The average molecular weight is 663 g/mol. The summed E-state index contributed by atoms with van der Waals surface area (Å²) < 4.78 is 18.5. The number of azide groups is 1. The highest BCUT2D eigenvalue weighted by atomic mass is 16.6. The van der Waals surface area contributed by atoms with Crippen LogP contribution in [0.2, 0.25) is 0 Å². The normalized spacial score (nSPS) is 40.6. The first-order valence-corrected chi connectivity index (χ1v) is 18.7. The molecule has 13 atom stereocenters. The zero-order valence-corrected chi connectivity index (χ0v) is 30.2. The molecule has 264 valence electrons. The maximum atomic E-state index is 13.5. The molecule has 9 nitrogen and oxygen atoms in total. The highest BCUT2D eigenvalue weighted by Crippen LogP contribution is 2.70. The largest absolute Gasteiger partial charge is 0.462 e. The van der Waals surface area contributed by atoms with Crippen molar-refractivity contribution in [3.63, 3.8) is 0 Å². The molecule has 1 N–H and O–H groups in total. The summed E-state index contributed by atoms with van der Waals surface area (Å²) >= 11 is 0. The monoisotopic (exact) mass is 662 g/mol. The third kappa shape index (κ3) is 6.58. The van der Waals surface area contributed by atoms with Gasteiger partial charge in [0.25, 0.3) is 0 Å². The molecule has 0 radical (unpaired) electrons. The Morgan fingerprint density at radius 3 is 2.56 bits per heavy atom. The van der Waals surface area contributed by atoms with Crippen molar-refractivity contribution >= 4 is 12.1 Å². The summed E-state index contributed by atoms with van der Waals surface area (Å²) in [5.74, 6) is 2.79. The van der Waals surface area contributed by atoms with E-state index in [0.717, 1.165) is 44.9 Å². The summed E-state index contributed by atoms with van der Waals surface area (Å²) in [6.45, 7) is 15.7. The topological polar surface area (TPSA) is 123 Å². The van der Waals surface area contributed by atoms with Gasteiger partial charge in [0.1, 0.15) is 5.60 Å². The number of nitrogens with zero attached hydrogens (tertiary/aromatic N) is 3. The van der Waals surface area contributed by atoms with Crippen molar-refractivity contribution in [2.45, 2.75) is 136 Å². The summed E-state index contributed by atoms with van der Waals surface area (Å²) in [6, 6.07) is 9.27. The van der Waals surface area contributed by atoms with Crippen molar-refractivity contribution in [2.24, 2.45) is 57.4 Å². The molecule has 9 heteroatoms. The van der Waals surface area contributed by atoms with E-state index in [2.05, 4.69) is 43.0 Å². The van der Waals surface area contributed by atoms with E-state index < -0.39 is 5.60 Å². The van der Waals surface area contributed by atoms with Crippen molar-refractivity contribution in [3.8, 4) is 0 Å². The molecule has 1 heterocycles. The van der Waals surface area contributed by atoms with Gasteiger partial charge in [0.2, 0.25) is 0 Å². The van der Waals surface area contributed by atoms with Crippen LogP contribution >= 0.6 is 0 Å². The lowest BCUT2D eigenvalue weighted by Gasteiger charge is -2.63. The quantitative estimate of drug-likeness (QED) is 0.129. The number of esters is 1. The second kappa shape index (κ2) is 13.5. The van der Waals surface area contributed by atoms with Gasteiger partial charge in [0.15, 0.2) is 0 Å². The number of carbonyl (C=O) groups excluding carboxylic acids is 2.